The van der Waals surface area contributed by atoms with Crippen LogP contribution in [0, 0.1) is 0 Å². The molecule has 4 rings (SSSR count). The predicted molar refractivity (Wildman–Crippen MR) is 109 cm³/mol. The van der Waals surface area contributed by atoms with E-state index in [1.54, 1.807) is 26.4 Å². The third-order valence-corrected chi connectivity index (χ3v) is 4.66. The summed E-state index contributed by atoms with van der Waals surface area (Å²) in [5.74, 6) is 1.97. The second-order valence-corrected chi connectivity index (χ2v) is 6.28. The average Bonchev–Trinajstić information content (AvgIpc) is 2.72. The molecule has 142 valence electrons. The lowest BCUT2D eigenvalue weighted by Gasteiger charge is -2.10. The molecule has 0 atom stereocenters. The lowest BCUT2D eigenvalue weighted by molar-refractivity contribution is 0.311. The molecule has 1 aromatic heterocycles. The van der Waals surface area contributed by atoms with Crippen LogP contribution >= 0.6 is 0 Å². The molecule has 0 aliphatic carbocycles. The molecular weight excluding hydrogens is 356 g/mol. The third kappa shape index (κ3) is 2.95. The SMILES string of the molecule is CCOc1ccc(/C=c2/oc3cccc4c(OC)ccc(c2=O)c34)cc1OC. The highest BCUT2D eigenvalue weighted by Gasteiger charge is 2.12. The van der Waals surface area contributed by atoms with Gasteiger partial charge in [-0.05, 0) is 48.9 Å². The molecule has 5 nitrogen and oxygen atoms in total. The highest BCUT2D eigenvalue weighted by Crippen LogP contribution is 2.31. The van der Waals surface area contributed by atoms with Crippen LogP contribution in [-0.4, -0.2) is 20.8 Å². The van der Waals surface area contributed by atoms with Gasteiger partial charge >= 0.3 is 0 Å². The smallest absolute Gasteiger partial charge is 0.228 e. The summed E-state index contributed by atoms with van der Waals surface area (Å²) in [6.07, 6.45) is 1.71. The van der Waals surface area contributed by atoms with Crippen LogP contribution in [0.5, 0.6) is 17.2 Å². The van der Waals surface area contributed by atoms with E-state index in [4.69, 9.17) is 18.6 Å². The maximum atomic E-state index is 13.0. The first-order chi connectivity index (χ1) is 13.7. The van der Waals surface area contributed by atoms with E-state index >= 15 is 0 Å². The Kier molecular flexibility index (Phi) is 4.65. The molecule has 0 fully saturated rings. The normalized spacial score (nSPS) is 11.9. The van der Waals surface area contributed by atoms with E-state index < -0.39 is 0 Å². The lowest BCUT2D eigenvalue weighted by atomic mass is 10.0. The summed E-state index contributed by atoms with van der Waals surface area (Å²) in [5, 5.41) is 2.22. The fraction of sp³-hybridized carbons (Fsp3) is 0.174. The van der Waals surface area contributed by atoms with E-state index in [1.807, 2.05) is 49.4 Å². The molecule has 0 unspecified atom stereocenters. The zero-order chi connectivity index (χ0) is 19.7. The Hall–Kier alpha value is -3.47. The van der Waals surface area contributed by atoms with Crippen LogP contribution in [-0.2, 0) is 0 Å². The zero-order valence-corrected chi connectivity index (χ0v) is 15.9. The van der Waals surface area contributed by atoms with Gasteiger partial charge in [0.25, 0.3) is 0 Å². The van der Waals surface area contributed by atoms with Gasteiger partial charge < -0.3 is 18.6 Å². The van der Waals surface area contributed by atoms with Crippen LogP contribution < -0.4 is 25.1 Å². The Balaban J connectivity index is 1.95. The summed E-state index contributed by atoms with van der Waals surface area (Å²) in [6.45, 7) is 2.46. The Labute approximate surface area is 161 Å². The lowest BCUT2D eigenvalue weighted by Crippen LogP contribution is -2.24. The van der Waals surface area contributed by atoms with E-state index in [0.29, 0.717) is 34.8 Å². The van der Waals surface area contributed by atoms with Crippen molar-refractivity contribution in [1.29, 1.82) is 0 Å². The highest BCUT2D eigenvalue weighted by molar-refractivity contribution is 6.09. The van der Waals surface area contributed by atoms with Crippen LogP contribution in [0.2, 0.25) is 0 Å². The number of hydrogen-bond donors (Lipinski definition) is 0. The maximum absolute atomic E-state index is 13.0. The van der Waals surface area contributed by atoms with Crippen molar-refractivity contribution >= 4 is 27.8 Å². The summed E-state index contributed by atoms with van der Waals surface area (Å²) in [6, 6.07) is 14.7. The number of methoxy groups -OCH3 is 2. The molecule has 0 amide bonds. The number of ether oxygens (including phenoxy) is 3. The summed E-state index contributed by atoms with van der Waals surface area (Å²) >= 11 is 0. The van der Waals surface area contributed by atoms with Crippen LogP contribution in [0.4, 0.5) is 0 Å². The molecule has 0 radical (unpaired) electrons. The van der Waals surface area contributed by atoms with Gasteiger partial charge in [-0.15, -0.1) is 0 Å². The van der Waals surface area contributed by atoms with Crippen molar-refractivity contribution in [1.82, 2.24) is 0 Å². The van der Waals surface area contributed by atoms with E-state index in [0.717, 1.165) is 16.3 Å². The van der Waals surface area contributed by atoms with Crippen LogP contribution in [0.15, 0.2) is 57.7 Å². The van der Waals surface area contributed by atoms with E-state index in [-0.39, 0.29) is 10.8 Å². The maximum Gasteiger partial charge on any atom is 0.228 e. The van der Waals surface area contributed by atoms with Gasteiger partial charge in [-0.2, -0.15) is 0 Å². The minimum Gasteiger partial charge on any atom is -0.496 e. The summed E-state index contributed by atoms with van der Waals surface area (Å²) in [4.78, 5) is 13.0. The van der Waals surface area contributed by atoms with Crippen molar-refractivity contribution in [2.45, 2.75) is 6.92 Å². The minimum absolute atomic E-state index is 0.167. The van der Waals surface area contributed by atoms with Crippen molar-refractivity contribution < 1.29 is 18.6 Å². The fourth-order valence-corrected chi connectivity index (χ4v) is 3.39. The molecule has 0 saturated carbocycles. The molecule has 0 aliphatic heterocycles. The van der Waals surface area contributed by atoms with Crippen molar-refractivity contribution in [3.63, 3.8) is 0 Å². The number of hydrogen-bond acceptors (Lipinski definition) is 5. The molecule has 0 spiro atoms. The number of benzene rings is 3. The van der Waals surface area contributed by atoms with Crippen molar-refractivity contribution in [3.8, 4) is 17.2 Å². The first kappa shape index (κ1) is 17.9. The molecule has 0 aliphatic rings. The van der Waals surface area contributed by atoms with Gasteiger partial charge in [-0.1, -0.05) is 18.2 Å². The standard InChI is InChI=1S/C23H20O5/c1-4-27-18-10-8-14(12-20(18)26-3)13-21-23(24)16-9-11-17(25-2)15-6-5-7-19(28-21)22(15)16/h5-13H,4H2,1-3H3/b21-13+. The topological polar surface area (TPSA) is 57.9 Å². The minimum atomic E-state index is -0.167. The highest BCUT2D eigenvalue weighted by atomic mass is 16.5. The van der Waals surface area contributed by atoms with Crippen molar-refractivity contribution in [2.24, 2.45) is 0 Å². The van der Waals surface area contributed by atoms with Crippen LogP contribution in [0.25, 0.3) is 27.8 Å². The molecule has 0 bridgehead atoms. The van der Waals surface area contributed by atoms with E-state index in [9.17, 15) is 4.79 Å². The van der Waals surface area contributed by atoms with Crippen molar-refractivity contribution in [3.05, 3.63) is 69.7 Å². The molecule has 0 N–H and O–H groups in total. The summed E-state index contributed by atoms with van der Waals surface area (Å²) in [7, 11) is 3.20. The van der Waals surface area contributed by atoms with Gasteiger partial charge in [0, 0.05) is 16.2 Å². The Bertz CT molecular complexity index is 1270. The second kappa shape index (κ2) is 7.27. The second-order valence-electron chi connectivity index (χ2n) is 6.28. The summed E-state index contributed by atoms with van der Waals surface area (Å²) < 4.78 is 22.3. The Morgan fingerprint density at radius 3 is 2.46 bits per heavy atom. The molecule has 0 saturated heterocycles. The first-order valence-corrected chi connectivity index (χ1v) is 9.01. The molecule has 3 aromatic carbocycles. The van der Waals surface area contributed by atoms with Gasteiger partial charge in [0.15, 0.2) is 16.9 Å². The largest absolute Gasteiger partial charge is 0.496 e. The molecule has 4 aromatic rings. The van der Waals surface area contributed by atoms with Gasteiger partial charge in [-0.3, -0.25) is 4.79 Å². The average molecular weight is 376 g/mol. The predicted octanol–water partition coefficient (Wildman–Crippen LogP) is 3.91. The van der Waals surface area contributed by atoms with Crippen molar-refractivity contribution in [2.75, 3.05) is 20.8 Å². The van der Waals surface area contributed by atoms with E-state index in [2.05, 4.69) is 0 Å². The monoisotopic (exact) mass is 376 g/mol. The van der Waals surface area contributed by atoms with E-state index in [1.165, 1.54) is 0 Å². The molecule has 5 heteroatoms. The van der Waals surface area contributed by atoms with Gasteiger partial charge in [-0.25, -0.2) is 0 Å². The third-order valence-electron chi connectivity index (χ3n) is 4.66. The Morgan fingerprint density at radius 1 is 0.929 bits per heavy atom. The van der Waals surface area contributed by atoms with Gasteiger partial charge in [0.05, 0.1) is 20.8 Å². The zero-order valence-electron chi connectivity index (χ0n) is 15.9. The molecule has 1 heterocycles. The summed E-state index contributed by atoms with van der Waals surface area (Å²) in [5.41, 5.74) is 1.51. The fourth-order valence-electron chi connectivity index (χ4n) is 3.39. The van der Waals surface area contributed by atoms with Crippen LogP contribution in [0.1, 0.15) is 12.5 Å². The first-order valence-electron chi connectivity index (χ1n) is 9.01. The van der Waals surface area contributed by atoms with Gasteiger partial charge in [0.2, 0.25) is 5.43 Å². The van der Waals surface area contributed by atoms with Crippen LogP contribution in [0.3, 0.4) is 0 Å². The number of rotatable bonds is 5. The molecule has 28 heavy (non-hydrogen) atoms. The van der Waals surface area contributed by atoms with Gasteiger partial charge in [0.1, 0.15) is 11.3 Å². The quantitative estimate of drug-likeness (QED) is 0.529. The Morgan fingerprint density at radius 2 is 1.71 bits per heavy atom. The molecular formula is C23H20O5.